The van der Waals surface area contributed by atoms with Crippen LogP contribution in [0, 0.1) is 0 Å². The third-order valence-electron chi connectivity index (χ3n) is 2.13. The summed E-state index contributed by atoms with van der Waals surface area (Å²) >= 11 is 0. The minimum absolute atomic E-state index is 0.250. The number of carbonyl (C=O) groups excluding carboxylic acids is 1. The van der Waals surface area contributed by atoms with Crippen molar-refractivity contribution in [1.29, 1.82) is 0 Å². The lowest BCUT2D eigenvalue weighted by molar-refractivity contribution is 0.102. The van der Waals surface area contributed by atoms with E-state index in [-0.39, 0.29) is 11.7 Å². The first-order chi connectivity index (χ1) is 7.70. The Morgan fingerprint density at radius 3 is 3.00 bits per heavy atom. The molecule has 7 heteroatoms. The lowest BCUT2D eigenvalue weighted by atomic mass is 10.3. The van der Waals surface area contributed by atoms with Gasteiger partial charge in [-0.25, -0.2) is 0 Å². The highest BCUT2D eigenvalue weighted by Gasteiger charge is 2.12. The lowest BCUT2D eigenvalue weighted by Crippen LogP contribution is -2.12. The number of aromatic amines is 1. The van der Waals surface area contributed by atoms with Crippen LogP contribution in [0.4, 0.5) is 11.5 Å². The largest absolute Gasteiger partial charge is 0.383 e. The number of aryl methyl sites for hydroxylation is 1. The molecule has 0 saturated carbocycles. The normalized spacial score (nSPS) is 10.3. The third-order valence-corrected chi connectivity index (χ3v) is 2.13. The van der Waals surface area contributed by atoms with Crippen LogP contribution in [-0.2, 0) is 6.54 Å². The molecule has 0 spiro atoms. The minimum atomic E-state index is -0.304. The van der Waals surface area contributed by atoms with E-state index in [0.717, 1.165) is 6.54 Å². The van der Waals surface area contributed by atoms with Crippen molar-refractivity contribution in [3.8, 4) is 0 Å². The highest BCUT2D eigenvalue weighted by Crippen LogP contribution is 2.11. The second-order valence-electron chi connectivity index (χ2n) is 3.24. The molecule has 0 unspecified atom stereocenters. The predicted octanol–water partition coefficient (Wildman–Crippen LogP) is 0.461. The number of anilines is 2. The Balaban J connectivity index is 2.11. The van der Waals surface area contributed by atoms with Gasteiger partial charge in [-0.3, -0.25) is 14.6 Å². The molecule has 0 bridgehead atoms. The molecule has 0 aliphatic rings. The first-order valence-corrected chi connectivity index (χ1v) is 4.83. The van der Waals surface area contributed by atoms with E-state index in [1.807, 2.05) is 6.92 Å². The molecule has 2 heterocycles. The van der Waals surface area contributed by atoms with E-state index in [1.54, 1.807) is 17.1 Å². The Hall–Kier alpha value is -2.31. The molecule has 0 aliphatic heterocycles. The molecule has 2 rings (SSSR count). The van der Waals surface area contributed by atoms with Crippen molar-refractivity contribution in [3.05, 3.63) is 24.2 Å². The predicted molar refractivity (Wildman–Crippen MR) is 58.9 cm³/mol. The third kappa shape index (κ3) is 1.88. The number of hydrogen-bond acceptors (Lipinski definition) is 4. The molecule has 16 heavy (non-hydrogen) atoms. The first-order valence-electron chi connectivity index (χ1n) is 4.83. The minimum Gasteiger partial charge on any atom is -0.383 e. The zero-order chi connectivity index (χ0) is 11.5. The number of nitrogens with two attached hydrogens (primary N) is 1. The maximum absolute atomic E-state index is 11.7. The summed E-state index contributed by atoms with van der Waals surface area (Å²) < 4.78 is 1.72. The van der Waals surface area contributed by atoms with Crippen LogP contribution in [0.2, 0.25) is 0 Å². The smallest absolute Gasteiger partial charge is 0.261 e. The zero-order valence-electron chi connectivity index (χ0n) is 8.77. The van der Waals surface area contributed by atoms with Crippen LogP contribution >= 0.6 is 0 Å². The number of nitrogens with one attached hydrogen (secondary N) is 2. The second-order valence-corrected chi connectivity index (χ2v) is 3.24. The van der Waals surface area contributed by atoms with Gasteiger partial charge < -0.3 is 11.1 Å². The topological polar surface area (TPSA) is 102 Å². The molecular formula is C9H12N6O. The number of nitrogens with zero attached hydrogens (tertiary/aromatic N) is 3. The van der Waals surface area contributed by atoms with Gasteiger partial charge in [-0.1, -0.05) is 0 Å². The van der Waals surface area contributed by atoms with Crippen LogP contribution in [0.3, 0.4) is 0 Å². The molecule has 0 aromatic carbocycles. The number of H-pyrrole nitrogens is 1. The van der Waals surface area contributed by atoms with Crippen molar-refractivity contribution < 1.29 is 4.79 Å². The summed E-state index contributed by atoms with van der Waals surface area (Å²) in [5.41, 5.74) is 6.48. The van der Waals surface area contributed by atoms with E-state index in [1.165, 1.54) is 6.20 Å². The highest BCUT2D eigenvalue weighted by molar-refractivity contribution is 6.06. The van der Waals surface area contributed by atoms with E-state index < -0.39 is 0 Å². The summed E-state index contributed by atoms with van der Waals surface area (Å²) in [4.78, 5) is 11.7. The average molecular weight is 220 g/mol. The van der Waals surface area contributed by atoms with E-state index in [0.29, 0.717) is 11.3 Å². The first kappa shape index (κ1) is 10.2. The van der Waals surface area contributed by atoms with Gasteiger partial charge >= 0.3 is 0 Å². The van der Waals surface area contributed by atoms with Gasteiger partial charge in [-0.05, 0) is 6.92 Å². The molecular weight excluding hydrogens is 208 g/mol. The Labute approximate surface area is 91.6 Å². The molecule has 0 saturated heterocycles. The van der Waals surface area contributed by atoms with Crippen LogP contribution in [0.25, 0.3) is 0 Å². The summed E-state index contributed by atoms with van der Waals surface area (Å²) in [6, 6.07) is 0. The molecule has 84 valence electrons. The molecule has 7 nitrogen and oxygen atoms in total. The van der Waals surface area contributed by atoms with Crippen LogP contribution in [0.15, 0.2) is 18.6 Å². The molecule has 2 aromatic heterocycles. The maximum Gasteiger partial charge on any atom is 0.261 e. The van der Waals surface area contributed by atoms with Gasteiger partial charge in [0.1, 0.15) is 11.4 Å². The summed E-state index contributed by atoms with van der Waals surface area (Å²) in [7, 11) is 0. The van der Waals surface area contributed by atoms with E-state index in [4.69, 9.17) is 5.73 Å². The van der Waals surface area contributed by atoms with Gasteiger partial charge in [-0.2, -0.15) is 10.2 Å². The number of rotatable bonds is 3. The van der Waals surface area contributed by atoms with Gasteiger partial charge in [0.05, 0.1) is 18.1 Å². The van der Waals surface area contributed by atoms with Gasteiger partial charge in [-0.15, -0.1) is 0 Å². The van der Waals surface area contributed by atoms with Crippen LogP contribution in [0.1, 0.15) is 17.3 Å². The van der Waals surface area contributed by atoms with Crippen molar-refractivity contribution in [2.45, 2.75) is 13.5 Å². The summed E-state index contributed by atoms with van der Waals surface area (Å²) in [5.74, 6) is -0.0534. The number of aromatic nitrogens is 4. The van der Waals surface area contributed by atoms with E-state index in [2.05, 4.69) is 20.6 Å². The van der Waals surface area contributed by atoms with Gasteiger partial charge in [0.2, 0.25) is 0 Å². The fourth-order valence-electron chi connectivity index (χ4n) is 1.28. The fourth-order valence-corrected chi connectivity index (χ4v) is 1.28. The van der Waals surface area contributed by atoms with Crippen molar-refractivity contribution in [3.63, 3.8) is 0 Å². The Bertz CT molecular complexity index is 500. The maximum atomic E-state index is 11.7. The number of carbonyl (C=O) groups is 1. The van der Waals surface area contributed by atoms with Crippen LogP contribution < -0.4 is 11.1 Å². The Kier molecular flexibility index (Phi) is 2.59. The summed E-state index contributed by atoms with van der Waals surface area (Å²) in [6.07, 6.45) is 4.71. The van der Waals surface area contributed by atoms with Gasteiger partial charge in [0.15, 0.2) is 0 Å². The second kappa shape index (κ2) is 4.05. The number of nitrogen functional groups attached to an aromatic ring is 1. The quantitative estimate of drug-likeness (QED) is 0.699. The standard InChI is InChI=1S/C9H12N6O/c1-2-15-5-6(3-12-15)13-9(16)7-4-11-14-8(7)10/h3-5H,2H2,1H3,(H,13,16)(H3,10,11,14). The van der Waals surface area contributed by atoms with Gasteiger partial charge in [0.25, 0.3) is 5.91 Å². The molecule has 0 fully saturated rings. The lowest BCUT2D eigenvalue weighted by Gasteiger charge is -1.99. The zero-order valence-corrected chi connectivity index (χ0v) is 8.77. The fraction of sp³-hybridized carbons (Fsp3) is 0.222. The van der Waals surface area contributed by atoms with Crippen molar-refractivity contribution in [2.75, 3.05) is 11.1 Å². The Morgan fingerprint density at radius 1 is 1.62 bits per heavy atom. The monoisotopic (exact) mass is 220 g/mol. The molecule has 2 aromatic rings. The molecule has 0 aliphatic carbocycles. The van der Waals surface area contributed by atoms with Crippen molar-refractivity contribution in [2.24, 2.45) is 0 Å². The highest BCUT2D eigenvalue weighted by atomic mass is 16.1. The average Bonchev–Trinajstić information content (AvgIpc) is 2.86. The van der Waals surface area contributed by atoms with Gasteiger partial charge in [0, 0.05) is 12.7 Å². The van der Waals surface area contributed by atoms with Crippen molar-refractivity contribution >= 4 is 17.4 Å². The molecule has 1 amide bonds. The SMILES string of the molecule is CCn1cc(NC(=O)c2cn[nH]c2N)cn1. The molecule has 4 N–H and O–H groups in total. The number of hydrogen-bond donors (Lipinski definition) is 3. The van der Waals surface area contributed by atoms with E-state index >= 15 is 0 Å². The van der Waals surface area contributed by atoms with E-state index in [9.17, 15) is 4.79 Å². The summed E-state index contributed by atoms with van der Waals surface area (Å²) in [6.45, 7) is 2.72. The summed E-state index contributed by atoms with van der Waals surface area (Å²) in [5, 5.41) is 12.9. The molecule has 0 atom stereocenters. The van der Waals surface area contributed by atoms with Crippen LogP contribution in [0.5, 0.6) is 0 Å². The van der Waals surface area contributed by atoms with Crippen LogP contribution in [-0.4, -0.2) is 25.9 Å². The van der Waals surface area contributed by atoms with Crippen molar-refractivity contribution in [1.82, 2.24) is 20.0 Å². The number of amides is 1. The molecule has 0 radical (unpaired) electrons. The Morgan fingerprint density at radius 2 is 2.44 bits per heavy atom.